The van der Waals surface area contributed by atoms with E-state index in [1.54, 1.807) is 11.3 Å². The smallest absolute Gasteiger partial charge is 0.153 e. The van der Waals surface area contributed by atoms with Crippen LogP contribution in [0.4, 0.5) is 0 Å². The Morgan fingerprint density at radius 2 is 1.94 bits per heavy atom. The summed E-state index contributed by atoms with van der Waals surface area (Å²) >= 11 is 3.09. The minimum atomic E-state index is 1.02. The fourth-order valence-electron chi connectivity index (χ4n) is 2.10. The predicted molar refractivity (Wildman–Crippen MR) is 77.1 cm³/mol. The molecular weight excluding hydrogens is 260 g/mol. The van der Waals surface area contributed by atoms with Crippen molar-refractivity contribution in [2.75, 3.05) is 0 Å². The molecule has 0 spiro atoms. The fraction of sp³-hybridized carbons (Fsp3) is 0. The lowest BCUT2D eigenvalue weighted by Crippen LogP contribution is -1.77. The van der Waals surface area contributed by atoms with Crippen LogP contribution in [-0.2, 0) is 0 Å². The summed E-state index contributed by atoms with van der Waals surface area (Å²) in [5, 5.41) is 1.20. The van der Waals surface area contributed by atoms with E-state index in [1.165, 1.54) is 26.5 Å². The Labute approximate surface area is 112 Å². The van der Waals surface area contributed by atoms with E-state index in [1.807, 2.05) is 18.2 Å². The maximum absolute atomic E-state index is 4.49. The van der Waals surface area contributed by atoms with Gasteiger partial charge >= 0.3 is 0 Å². The second-order valence-electron chi connectivity index (χ2n) is 3.99. The van der Waals surface area contributed by atoms with E-state index >= 15 is 0 Å². The van der Waals surface area contributed by atoms with Crippen LogP contribution in [0.5, 0.6) is 0 Å². The van der Waals surface area contributed by atoms with Gasteiger partial charge in [0, 0.05) is 10.9 Å². The number of aromatic nitrogens is 2. The molecule has 0 atom stereocenters. The molecule has 0 aliphatic heterocycles. The Morgan fingerprint density at radius 3 is 2.94 bits per heavy atom. The van der Waals surface area contributed by atoms with Gasteiger partial charge in [-0.3, -0.25) is 0 Å². The molecule has 2 aromatic heterocycles. The number of hydrogen-bond acceptors (Lipinski definition) is 4. The molecular formula is C14H7N2S2. The molecule has 18 heavy (non-hydrogen) atoms. The number of rotatable bonds is 1. The fourth-order valence-corrected chi connectivity index (χ4v) is 3.62. The molecule has 0 saturated heterocycles. The van der Waals surface area contributed by atoms with Gasteiger partial charge in [-0.2, -0.15) is 4.37 Å². The predicted octanol–water partition coefficient (Wildman–Crippen LogP) is 4.37. The van der Waals surface area contributed by atoms with Gasteiger partial charge in [-0.1, -0.05) is 30.3 Å². The minimum absolute atomic E-state index is 1.02. The van der Waals surface area contributed by atoms with Crippen molar-refractivity contribution < 1.29 is 0 Å². The number of para-hydroxylation sites is 1. The van der Waals surface area contributed by atoms with Gasteiger partial charge in [0.15, 0.2) is 5.51 Å². The summed E-state index contributed by atoms with van der Waals surface area (Å²) in [7, 11) is 0. The standard InChI is InChI=1S/C14H7N2S2/c1-2-6-11-9(4-1)14(18-16-11)10-5-3-7-12-13(10)15-8-17-12/h1-7H. The van der Waals surface area contributed by atoms with Gasteiger partial charge in [0.2, 0.25) is 0 Å². The zero-order valence-corrected chi connectivity index (χ0v) is 10.9. The molecule has 0 amide bonds. The maximum atomic E-state index is 4.49. The van der Waals surface area contributed by atoms with Crippen LogP contribution in [0.15, 0.2) is 42.5 Å². The average molecular weight is 267 g/mol. The Bertz CT molecular complexity index is 845. The zero-order valence-electron chi connectivity index (χ0n) is 9.25. The Hall–Kier alpha value is -1.78. The van der Waals surface area contributed by atoms with Crippen LogP contribution in [0.2, 0.25) is 0 Å². The first-order valence-electron chi connectivity index (χ1n) is 5.54. The number of hydrogen-bond donors (Lipinski definition) is 0. The summed E-state index contributed by atoms with van der Waals surface area (Å²) < 4.78 is 5.66. The monoisotopic (exact) mass is 267 g/mol. The molecule has 0 fully saturated rings. The topological polar surface area (TPSA) is 25.8 Å². The van der Waals surface area contributed by atoms with Gasteiger partial charge in [0.1, 0.15) is 0 Å². The number of benzene rings is 2. The number of thiazole rings is 1. The minimum Gasteiger partial charge on any atom is -0.233 e. The van der Waals surface area contributed by atoms with E-state index < -0.39 is 0 Å². The highest BCUT2D eigenvalue weighted by Gasteiger charge is 2.12. The van der Waals surface area contributed by atoms with Crippen molar-refractivity contribution in [3.8, 4) is 10.4 Å². The molecule has 0 bridgehead atoms. The SMILES string of the molecule is [c]1nc2c(-c3snc4ccccc34)cccc2s1. The van der Waals surface area contributed by atoms with Crippen LogP contribution in [0, 0.1) is 5.51 Å². The van der Waals surface area contributed by atoms with Crippen molar-refractivity contribution in [3.63, 3.8) is 0 Å². The first kappa shape index (κ1) is 10.2. The van der Waals surface area contributed by atoms with Crippen molar-refractivity contribution in [1.29, 1.82) is 0 Å². The summed E-state index contributed by atoms with van der Waals surface area (Å²) in [4.78, 5) is 5.54. The van der Waals surface area contributed by atoms with Crippen LogP contribution in [-0.4, -0.2) is 9.36 Å². The van der Waals surface area contributed by atoms with Gasteiger partial charge in [-0.05, 0) is 23.7 Å². The van der Waals surface area contributed by atoms with E-state index in [-0.39, 0.29) is 0 Å². The summed E-state index contributed by atoms with van der Waals surface area (Å²) in [5.41, 5.74) is 6.19. The molecule has 4 heteroatoms. The van der Waals surface area contributed by atoms with E-state index in [0.717, 1.165) is 16.6 Å². The van der Waals surface area contributed by atoms with E-state index in [2.05, 4.69) is 39.1 Å². The molecule has 1 radical (unpaired) electrons. The van der Waals surface area contributed by atoms with Crippen molar-refractivity contribution in [2.45, 2.75) is 0 Å². The molecule has 4 rings (SSSR count). The summed E-state index contributed by atoms with van der Waals surface area (Å²) in [6, 6.07) is 14.5. The second kappa shape index (κ2) is 3.86. The molecule has 2 heterocycles. The van der Waals surface area contributed by atoms with Crippen molar-refractivity contribution in [1.82, 2.24) is 9.36 Å². The van der Waals surface area contributed by atoms with Crippen molar-refractivity contribution >= 4 is 44.0 Å². The number of fused-ring (bicyclic) bond motifs is 2. The lowest BCUT2D eigenvalue weighted by molar-refractivity contribution is 1.49. The molecule has 2 nitrogen and oxygen atoms in total. The maximum Gasteiger partial charge on any atom is 0.153 e. The lowest BCUT2D eigenvalue weighted by atomic mass is 10.1. The Kier molecular flexibility index (Phi) is 2.18. The first-order valence-corrected chi connectivity index (χ1v) is 7.13. The first-order chi connectivity index (χ1) is 8.93. The van der Waals surface area contributed by atoms with Crippen LogP contribution >= 0.6 is 22.9 Å². The Morgan fingerprint density at radius 1 is 1.00 bits per heavy atom. The molecule has 0 aliphatic rings. The van der Waals surface area contributed by atoms with E-state index in [4.69, 9.17) is 0 Å². The van der Waals surface area contributed by atoms with Crippen LogP contribution < -0.4 is 0 Å². The molecule has 85 valence electrons. The highest BCUT2D eigenvalue weighted by molar-refractivity contribution is 7.16. The summed E-state index contributed by atoms with van der Waals surface area (Å²) in [5.74, 6) is 0. The van der Waals surface area contributed by atoms with Crippen LogP contribution in [0.3, 0.4) is 0 Å². The summed E-state index contributed by atoms with van der Waals surface area (Å²) in [6.45, 7) is 0. The van der Waals surface area contributed by atoms with Gasteiger partial charge in [0.25, 0.3) is 0 Å². The molecule has 0 N–H and O–H groups in total. The van der Waals surface area contributed by atoms with Gasteiger partial charge in [0.05, 0.1) is 20.6 Å². The van der Waals surface area contributed by atoms with Crippen LogP contribution in [0.25, 0.3) is 31.6 Å². The molecule has 0 saturated carbocycles. The normalized spacial score (nSPS) is 11.3. The van der Waals surface area contributed by atoms with Crippen molar-refractivity contribution in [2.24, 2.45) is 0 Å². The second-order valence-corrected chi connectivity index (χ2v) is 5.59. The molecule has 2 aromatic carbocycles. The highest BCUT2D eigenvalue weighted by atomic mass is 32.1. The van der Waals surface area contributed by atoms with Gasteiger partial charge < -0.3 is 0 Å². The van der Waals surface area contributed by atoms with Gasteiger partial charge in [-0.15, -0.1) is 11.3 Å². The third kappa shape index (κ3) is 1.39. The van der Waals surface area contributed by atoms with E-state index in [9.17, 15) is 0 Å². The largest absolute Gasteiger partial charge is 0.233 e. The highest BCUT2D eigenvalue weighted by Crippen LogP contribution is 2.36. The Balaban J connectivity index is 2.10. The number of nitrogens with zero attached hydrogens (tertiary/aromatic N) is 2. The molecule has 0 aliphatic carbocycles. The third-order valence-electron chi connectivity index (χ3n) is 2.94. The molecule has 4 aromatic rings. The summed E-state index contributed by atoms with van der Waals surface area (Å²) in [6.07, 6.45) is 0. The zero-order chi connectivity index (χ0) is 11.9. The van der Waals surface area contributed by atoms with Crippen LogP contribution in [0.1, 0.15) is 0 Å². The molecule has 0 unspecified atom stereocenters. The van der Waals surface area contributed by atoms with E-state index in [0.29, 0.717) is 0 Å². The van der Waals surface area contributed by atoms with Crippen molar-refractivity contribution in [3.05, 3.63) is 48.0 Å². The average Bonchev–Trinajstić information content (AvgIpc) is 3.05. The van der Waals surface area contributed by atoms with Gasteiger partial charge in [-0.25, -0.2) is 4.98 Å². The third-order valence-corrected chi connectivity index (χ3v) is 4.58. The quantitative estimate of drug-likeness (QED) is 0.511. The lowest BCUT2D eigenvalue weighted by Gasteiger charge is -1.99.